The minimum absolute atomic E-state index is 0.0389. The van der Waals surface area contributed by atoms with Crippen molar-refractivity contribution in [2.24, 2.45) is 0 Å². The van der Waals surface area contributed by atoms with Crippen LogP contribution >= 0.6 is 24.0 Å². The second-order valence-electron chi connectivity index (χ2n) is 3.31. The first kappa shape index (κ1) is 11.2. The molecule has 2 heterocycles. The summed E-state index contributed by atoms with van der Waals surface area (Å²) in [5, 5.41) is 1.85. The highest BCUT2D eigenvalue weighted by atomic mass is 32.2. The molecule has 6 heteroatoms. The quantitative estimate of drug-likeness (QED) is 0.772. The molecule has 1 saturated heterocycles. The van der Waals surface area contributed by atoms with Crippen molar-refractivity contribution in [3.63, 3.8) is 0 Å². The Balaban J connectivity index is 2.05. The van der Waals surface area contributed by atoms with Gasteiger partial charge in [-0.2, -0.15) is 0 Å². The van der Waals surface area contributed by atoms with E-state index < -0.39 is 10.8 Å². The number of hydrogen-bond donors (Lipinski definition) is 1. The van der Waals surface area contributed by atoms with Gasteiger partial charge in [-0.1, -0.05) is 0 Å². The van der Waals surface area contributed by atoms with E-state index in [1.54, 1.807) is 11.0 Å². The van der Waals surface area contributed by atoms with Gasteiger partial charge in [0.15, 0.2) is 0 Å². The number of carbonyl (C=O) groups excluding carboxylic acids is 1. The molecule has 82 valence electrons. The van der Waals surface area contributed by atoms with Crippen LogP contribution in [-0.4, -0.2) is 39.6 Å². The molecule has 1 aromatic rings. The van der Waals surface area contributed by atoms with Crippen molar-refractivity contribution in [1.82, 2.24) is 4.90 Å². The average Bonchev–Trinajstić information content (AvgIpc) is 2.65. The largest absolute Gasteiger partial charge is 0.336 e. The summed E-state index contributed by atoms with van der Waals surface area (Å²) in [5.41, 5.74) is 0. The second-order valence-corrected chi connectivity index (χ2v) is 6.43. The number of rotatable bonds is 1. The first-order chi connectivity index (χ1) is 7.16. The first-order valence-electron chi connectivity index (χ1n) is 4.58. The zero-order valence-electron chi connectivity index (χ0n) is 8.01. The molecular weight excluding hydrogens is 250 g/mol. The van der Waals surface area contributed by atoms with E-state index in [2.05, 4.69) is 12.6 Å². The van der Waals surface area contributed by atoms with Crippen molar-refractivity contribution < 1.29 is 9.00 Å². The smallest absolute Gasteiger partial charge is 0.264 e. The first-order valence-corrected chi connectivity index (χ1v) is 7.40. The Morgan fingerprint density at radius 2 is 2.13 bits per heavy atom. The highest BCUT2D eigenvalue weighted by Crippen LogP contribution is 2.19. The van der Waals surface area contributed by atoms with E-state index in [1.807, 2.05) is 5.38 Å². The number of nitrogens with zero attached hydrogens (tertiary/aromatic N) is 1. The van der Waals surface area contributed by atoms with Crippen LogP contribution in [0.4, 0.5) is 0 Å². The van der Waals surface area contributed by atoms with Gasteiger partial charge in [0.05, 0.1) is 4.88 Å². The van der Waals surface area contributed by atoms with E-state index in [9.17, 15) is 9.00 Å². The van der Waals surface area contributed by atoms with E-state index in [1.165, 1.54) is 11.3 Å². The van der Waals surface area contributed by atoms with Gasteiger partial charge < -0.3 is 4.90 Å². The molecule has 0 aliphatic carbocycles. The van der Waals surface area contributed by atoms with E-state index in [-0.39, 0.29) is 5.91 Å². The molecular formula is C9H11NO2S3. The van der Waals surface area contributed by atoms with Crippen LogP contribution in [0, 0.1) is 0 Å². The van der Waals surface area contributed by atoms with E-state index in [0.717, 1.165) is 4.90 Å². The normalized spacial score (nSPS) is 18.1. The van der Waals surface area contributed by atoms with Crippen LogP contribution in [0.2, 0.25) is 0 Å². The molecule has 0 saturated carbocycles. The Morgan fingerprint density at radius 1 is 1.47 bits per heavy atom. The molecule has 0 bridgehead atoms. The SMILES string of the molecule is O=C(c1cc(S)cs1)N1CCS(=O)CC1. The van der Waals surface area contributed by atoms with Crippen LogP contribution in [0.3, 0.4) is 0 Å². The number of thiol groups is 1. The van der Waals surface area contributed by atoms with Crippen molar-refractivity contribution in [2.45, 2.75) is 4.90 Å². The summed E-state index contributed by atoms with van der Waals surface area (Å²) in [6.07, 6.45) is 0. The lowest BCUT2D eigenvalue weighted by atomic mass is 10.4. The molecule has 2 rings (SSSR count). The van der Waals surface area contributed by atoms with E-state index in [4.69, 9.17) is 0 Å². The van der Waals surface area contributed by atoms with Crippen LogP contribution in [0.5, 0.6) is 0 Å². The molecule has 0 atom stereocenters. The van der Waals surface area contributed by atoms with Crippen molar-refractivity contribution in [1.29, 1.82) is 0 Å². The number of carbonyl (C=O) groups is 1. The van der Waals surface area contributed by atoms with Gasteiger partial charge in [-0.3, -0.25) is 9.00 Å². The monoisotopic (exact) mass is 261 g/mol. The molecule has 1 fully saturated rings. The molecule has 0 aromatic carbocycles. The molecule has 0 spiro atoms. The molecule has 0 unspecified atom stereocenters. The zero-order valence-corrected chi connectivity index (χ0v) is 10.5. The van der Waals surface area contributed by atoms with Gasteiger partial charge in [0.25, 0.3) is 5.91 Å². The zero-order chi connectivity index (χ0) is 10.8. The predicted molar refractivity (Wildman–Crippen MR) is 65.4 cm³/mol. The van der Waals surface area contributed by atoms with Crippen molar-refractivity contribution in [2.75, 3.05) is 24.6 Å². The van der Waals surface area contributed by atoms with E-state index >= 15 is 0 Å². The lowest BCUT2D eigenvalue weighted by Gasteiger charge is -2.25. The Kier molecular flexibility index (Phi) is 3.48. The summed E-state index contributed by atoms with van der Waals surface area (Å²) in [5.74, 6) is 1.24. The van der Waals surface area contributed by atoms with Crippen LogP contribution < -0.4 is 0 Å². The predicted octanol–water partition coefficient (Wildman–Crippen LogP) is 1.24. The van der Waals surface area contributed by atoms with Crippen LogP contribution in [0.15, 0.2) is 16.3 Å². The Bertz CT molecular complexity index is 392. The second kappa shape index (κ2) is 4.67. The Labute approximate surface area is 100 Å². The maximum absolute atomic E-state index is 11.9. The summed E-state index contributed by atoms with van der Waals surface area (Å²) >= 11 is 5.58. The third-order valence-corrected chi connectivity index (χ3v) is 4.89. The summed E-state index contributed by atoms with van der Waals surface area (Å²) in [6, 6.07) is 1.78. The lowest BCUT2D eigenvalue weighted by Crippen LogP contribution is -2.41. The van der Waals surface area contributed by atoms with Gasteiger partial charge in [-0.05, 0) is 6.07 Å². The van der Waals surface area contributed by atoms with Gasteiger partial charge in [-0.15, -0.1) is 24.0 Å². The highest BCUT2D eigenvalue weighted by molar-refractivity contribution is 7.85. The summed E-state index contributed by atoms with van der Waals surface area (Å²) in [6.45, 7) is 1.20. The fourth-order valence-corrected chi connectivity index (χ4v) is 3.60. The standard InChI is InChI=1S/C9H11NO2S3/c11-9(8-5-7(13)6-14-8)10-1-3-15(12)4-2-10/h5-6,13H,1-4H2. The third kappa shape index (κ3) is 2.62. The molecule has 0 N–H and O–H groups in total. The molecule has 1 aliphatic rings. The Hall–Kier alpha value is -0.330. The minimum Gasteiger partial charge on any atom is -0.336 e. The maximum atomic E-state index is 11.9. The van der Waals surface area contributed by atoms with Crippen molar-refractivity contribution in [3.05, 3.63) is 16.3 Å². The van der Waals surface area contributed by atoms with Crippen LogP contribution in [-0.2, 0) is 10.8 Å². The fourth-order valence-electron chi connectivity index (χ4n) is 1.44. The average molecular weight is 261 g/mol. The maximum Gasteiger partial charge on any atom is 0.264 e. The molecule has 3 nitrogen and oxygen atoms in total. The van der Waals surface area contributed by atoms with Crippen LogP contribution in [0.1, 0.15) is 9.67 Å². The van der Waals surface area contributed by atoms with Crippen molar-refractivity contribution in [3.8, 4) is 0 Å². The summed E-state index contributed by atoms with van der Waals surface area (Å²) < 4.78 is 11.1. The van der Waals surface area contributed by atoms with Gasteiger partial charge in [0.2, 0.25) is 0 Å². The molecule has 15 heavy (non-hydrogen) atoms. The summed E-state index contributed by atoms with van der Waals surface area (Å²) in [7, 11) is -0.734. The van der Waals surface area contributed by atoms with Gasteiger partial charge >= 0.3 is 0 Å². The van der Waals surface area contributed by atoms with Gasteiger partial charge in [0.1, 0.15) is 0 Å². The van der Waals surface area contributed by atoms with Crippen molar-refractivity contribution >= 4 is 40.7 Å². The fraction of sp³-hybridized carbons (Fsp3) is 0.444. The third-order valence-electron chi connectivity index (χ3n) is 2.26. The highest BCUT2D eigenvalue weighted by Gasteiger charge is 2.21. The summed E-state index contributed by atoms with van der Waals surface area (Å²) in [4.78, 5) is 15.2. The topological polar surface area (TPSA) is 37.4 Å². The number of thiophene rings is 1. The minimum atomic E-state index is -0.734. The molecule has 0 radical (unpaired) electrons. The lowest BCUT2D eigenvalue weighted by molar-refractivity contribution is 0.0776. The van der Waals surface area contributed by atoms with Crippen LogP contribution in [0.25, 0.3) is 0 Å². The van der Waals surface area contributed by atoms with E-state index in [0.29, 0.717) is 29.5 Å². The molecule has 1 aliphatic heterocycles. The van der Waals surface area contributed by atoms with Gasteiger partial charge in [0, 0.05) is 45.7 Å². The number of amides is 1. The molecule has 1 amide bonds. The van der Waals surface area contributed by atoms with Gasteiger partial charge in [-0.25, -0.2) is 0 Å². The Morgan fingerprint density at radius 3 is 2.67 bits per heavy atom. The molecule has 1 aromatic heterocycles. The number of hydrogen-bond acceptors (Lipinski definition) is 4.